The first kappa shape index (κ1) is 12.4. The predicted molar refractivity (Wildman–Crippen MR) is 68.0 cm³/mol. The number of carboxylic acids is 1. The van der Waals surface area contributed by atoms with E-state index >= 15 is 0 Å². The standard InChI is InChI=1S/C12H16N2O2S/c15-12(16)7-11-9-17-6-5-14(11)8-10-3-1-2-4-13-10/h1-4,11H,5-9H2,(H,15,16). The monoisotopic (exact) mass is 252 g/mol. The van der Waals surface area contributed by atoms with Crippen molar-refractivity contribution in [3.8, 4) is 0 Å². The number of aliphatic carboxylic acids is 1. The first-order valence-corrected chi connectivity index (χ1v) is 6.84. The third-order valence-electron chi connectivity index (χ3n) is 2.85. The minimum Gasteiger partial charge on any atom is -0.481 e. The summed E-state index contributed by atoms with van der Waals surface area (Å²) in [5, 5.41) is 8.90. The van der Waals surface area contributed by atoms with Gasteiger partial charge in [-0.15, -0.1) is 0 Å². The highest BCUT2D eigenvalue weighted by Crippen LogP contribution is 2.20. The van der Waals surface area contributed by atoms with Crippen LogP contribution in [0.2, 0.25) is 0 Å². The summed E-state index contributed by atoms with van der Waals surface area (Å²) in [7, 11) is 0. The molecule has 1 unspecified atom stereocenters. The molecule has 1 aliphatic rings. The van der Waals surface area contributed by atoms with Crippen LogP contribution < -0.4 is 0 Å². The molecule has 1 aromatic heterocycles. The molecular weight excluding hydrogens is 236 g/mol. The largest absolute Gasteiger partial charge is 0.481 e. The summed E-state index contributed by atoms with van der Waals surface area (Å²) in [4.78, 5) is 17.3. The minimum atomic E-state index is -0.719. The Morgan fingerprint density at radius 2 is 2.47 bits per heavy atom. The van der Waals surface area contributed by atoms with Crippen molar-refractivity contribution in [2.24, 2.45) is 0 Å². The van der Waals surface area contributed by atoms with Crippen LogP contribution in [0.4, 0.5) is 0 Å². The second-order valence-corrected chi connectivity index (χ2v) is 5.27. The Kier molecular flexibility index (Phi) is 4.39. The van der Waals surface area contributed by atoms with Gasteiger partial charge >= 0.3 is 5.97 Å². The summed E-state index contributed by atoms with van der Waals surface area (Å²) < 4.78 is 0. The highest BCUT2D eigenvalue weighted by atomic mass is 32.2. The number of pyridine rings is 1. The summed E-state index contributed by atoms with van der Waals surface area (Å²) in [5.74, 6) is 1.26. The lowest BCUT2D eigenvalue weighted by Crippen LogP contribution is -2.43. The Morgan fingerprint density at radius 1 is 1.59 bits per heavy atom. The third-order valence-corrected chi connectivity index (χ3v) is 3.94. The molecule has 0 aliphatic carbocycles. The fraction of sp³-hybridized carbons (Fsp3) is 0.500. The Balaban J connectivity index is 1.99. The van der Waals surface area contributed by atoms with Gasteiger partial charge in [-0.1, -0.05) is 6.07 Å². The highest BCUT2D eigenvalue weighted by Gasteiger charge is 2.25. The zero-order valence-corrected chi connectivity index (χ0v) is 10.4. The molecule has 17 heavy (non-hydrogen) atoms. The molecule has 92 valence electrons. The van der Waals surface area contributed by atoms with Crippen molar-refractivity contribution in [3.63, 3.8) is 0 Å². The number of hydrogen-bond acceptors (Lipinski definition) is 4. The Labute approximate surface area is 105 Å². The molecule has 0 radical (unpaired) electrons. The molecule has 0 aromatic carbocycles. The maximum atomic E-state index is 10.8. The van der Waals surface area contributed by atoms with Crippen molar-refractivity contribution in [2.45, 2.75) is 19.0 Å². The number of carbonyl (C=O) groups is 1. The summed E-state index contributed by atoms with van der Waals surface area (Å²) in [6, 6.07) is 5.98. The van der Waals surface area contributed by atoms with Crippen LogP contribution in [0.25, 0.3) is 0 Å². The molecule has 1 fully saturated rings. The molecule has 1 aliphatic heterocycles. The van der Waals surface area contributed by atoms with E-state index < -0.39 is 5.97 Å². The van der Waals surface area contributed by atoms with Gasteiger partial charge < -0.3 is 5.11 Å². The van der Waals surface area contributed by atoms with Crippen LogP contribution in [0.1, 0.15) is 12.1 Å². The van der Waals surface area contributed by atoms with E-state index in [4.69, 9.17) is 5.11 Å². The van der Waals surface area contributed by atoms with E-state index in [9.17, 15) is 4.79 Å². The van der Waals surface area contributed by atoms with Crippen LogP contribution in [0.15, 0.2) is 24.4 Å². The molecular formula is C12H16N2O2S. The quantitative estimate of drug-likeness (QED) is 0.879. The van der Waals surface area contributed by atoms with Crippen LogP contribution in [0, 0.1) is 0 Å². The molecule has 0 saturated carbocycles. The molecule has 2 heterocycles. The number of aromatic nitrogens is 1. The lowest BCUT2D eigenvalue weighted by Gasteiger charge is -2.34. The van der Waals surface area contributed by atoms with E-state index in [-0.39, 0.29) is 12.5 Å². The number of hydrogen-bond donors (Lipinski definition) is 1. The molecule has 1 aromatic rings. The SMILES string of the molecule is O=C(O)CC1CSCCN1Cc1ccccn1. The van der Waals surface area contributed by atoms with Gasteiger partial charge in [0.15, 0.2) is 0 Å². The summed E-state index contributed by atoms with van der Waals surface area (Å²) in [5.41, 5.74) is 1.01. The van der Waals surface area contributed by atoms with Crippen molar-refractivity contribution in [1.82, 2.24) is 9.88 Å². The average molecular weight is 252 g/mol. The van der Waals surface area contributed by atoms with Gasteiger partial charge in [0.2, 0.25) is 0 Å². The molecule has 5 heteroatoms. The average Bonchev–Trinajstić information content (AvgIpc) is 2.32. The maximum Gasteiger partial charge on any atom is 0.304 e. The van der Waals surface area contributed by atoms with Crippen molar-refractivity contribution >= 4 is 17.7 Å². The first-order valence-electron chi connectivity index (χ1n) is 5.69. The normalized spacial score (nSPS) is 21.3. The molecule has 1 atom stereocenters. The Morgan fingerprint density at radius 3 is 3.18 bits per heavy atom. The zero-order chi connectivity index (χ0) is 12.1. The van der Waals surface area contributed by atoms with Crippen LogP contribution in [0.3, 0.4) is 0 Å². The van der Waals surface area contributed by atoms with Gasteiger partial charge in [0.1, 0.15) is 0 Å². The summed E-state index contributed by atoms with van der Waals surface area (Å²) in [6.07, 6.45) is 2.00. The molecule has 1 N–H and O–H groups in total. The van der Waals surface area contributed by atoms with Crippen molar-refractivity contribution in [2.75, 3.05) is 18.1 Å². The Bertz CT molecular complexity index is 372. The topological polar surface area (TPSA) is 53.4 Å². The van der Waals surface area contributed by atoms with E-state index in [1.165, 1.54) is 0 Å². The van der Waals surface area contributed by atoms with E-state index in [2.05, 4.69) is 9.88 Å². The van der Waals surface area contributed by atoms with Gasteiger partial charge in [0.25, 0.3) is 0 Å². The second kappa shape index (κ2) is 6.02. The van der Waals surface area contributed by atoms with Crippen LogP contribution in [0.5, 0.6) is 0 Å². The zero-order valence-electron chi connectivity index (χ0n) is 9.58. The third kappa shape index (κ3) is 3.71. The molecule has 0 spiro atoms. The van der Waals surface area contributed by atoms with Crippen LogP contribution in [-0.2, 0) is 11.3 Å². The predicted octanol–water partition coefficient (Wildman–Crippen LogP) is 1.47. The van der Waals surface area contributed by atoms with E-state index in [1.54, 1.807) is 6.20 Å². The fourth-order valence-corrected chi connectivity index (χ4v) is 3.12. The van der Waals surface area contributed by atoms with Gasteiger partial charge in [-0.25, -0.2) is 0 Å². The van der Waals surface area contributed by atoms with Crippen molar-refractivity contribution < 1.29 is 9.90 Å². The first-order chi connectivity index (χ1) is 8.25. The number of thioether (sulfide) groups is 1. The van der Waals surface area contributed by atoms with Crippen molar-refractivity contribution in [3.05, 3.63) is 30.1 Å². The van der Waals surface area contributed by atoms with Gasteiger partial charge in [-0.2, -0.15) is 11.8 Å². The summed E-state index contributed by atoms with van der Waals surface area (Å²) in [6.45, 7) is 1.69. The number of carboxylic acid groups (broad SMARTS) is 1. The fourth-order valence-electron chi connectivity index (χ4n) is 1.99. The molecule has 0 amide bonds. The number of nitrogens with zero attached hydrogens (tertiary/aromatic N) is 2. The number of rotatable bonds is 4. The molecule has 4 nitrogen and oxygen atoms in total. The van der Waals surface area contributed by atoms with E-state index in [0.717, 1.165) is 30.3 Å². The van der Waals surface area contributed by atoms with Gasteiger partial charge in [-0.3, -0.25) is 14.7 Å². The maximum absolute atomic E-state index is 10.8. The van der Waals surface area contributed by atoms with E-state index in [1.807, 2.05) is 30.0 Å². The van der Waals surface area contributed by atoms with Gasteiger partial charge in [-0.05, 0) is 12.1 Å². The van der Waals surface area contributed by atoms with Gasteiger partial charge in [0.05, 0.1) is 12.1 Å². The lowest BCUT2D eigenvalue weighted by molar-refractivity contribution is -0.138. The highest BCUT2D eigenvalue weighted by molar-refractivity contribution is 7.99. The summed E-state index contributed by atoms with van der Waals surface area (Å²) >= 11 is 1.83. The second-order valence-electron chi connectivity index (χ2n) is 4.12. The minimum absolute atomic E-state index is 0.133. The molecule has 0 bridgehead atoms. The van der Waals surface area contributed by atoms with E-state index in [0.29, 0.717) is 0 Å². The van der Waals surface area contributed by atoms with Gasteiger partial charge in [0, 0.05) is 36.8 Å². The Hall–Kier alpha value is -1.07. The van der Waals surface area contributed by atoms with Crippen LogP contribution in [-0.4, -0.2) is 45.1 Å². The smallest absolute Gasteiger partial charge is 0.304 e. The lowest BCUT2D eigenvalue weighted by atomic mass is 10.2. The van der Waals surface area contributed by atoms with Crippen LogP contribution >= 0.6 is 11.8 Å². The van der Waals surface area contributed by atoms with Crippen molar-refractivity contribution in [1.29, 1.82) is 0 Å². The molecule has 2 rings (SSSR count). The molecule has 1 saturated heterocycles.